The van der Waals surface area contributed by atoms with Crippen molar-refractivity contribution in [3.63, 3.8) is 0 Å². The van der Waals surface area contributed by atoms with Crippen molar-refractivity contribution in [2.45, 2.75) is 58.7 Å². The molecule has 0 saturated carbocycles. The van der Waals surface area contributed by atoms with Crippen molar-refractivity contribution in [1.82, 2.24) is 10.2 Å². The Hall–Kier alpha value is -4.05. The van der Waals surface area contributed by atoms with Crippen LogP contribution in [-0.4, -0.2) is 63.2 Å². The van der Waals surface area contributed by atoms with Crippen LogP contribution in [0.1, 0.15) is 43.4 Å². The van der Waals surface area contributed by atoms with Gasteiger partial charge in [0.25, 0.3) is 0 Å². The van der Waals surface area contributed by atoms with Gasteiger partial charge in [0, 0.05) is 38.0 Å². The Morgan fingerprint density at radius 1 is 0.930 bits per heavy atom. The zero-order valence-corrected chi connectivity index (χ0v) is 26.1. The van der Waals surface area contributed by atoms with Gasteiger partial charge in [0.15, 0.2) is 11.5 Å². The quantitative estimate of drug-likeness (QED) is 0.307. The molecule has 0 saturated heterocycles. The Morgan fingerprint density at radius 3 is 2.28 bits per heavy atom. The normalized spacial score (nSPS) is 13.3. The highest BCUT2D eigenvalue weighted by Gasteiger charge is 2.31. The lowest BCUT2D eigenvalue weighted by Crippen LogP contribution is -2.52. The summed E-state index contributed by atoms with van der Waals surface area (Å²) >= 11 is 0. The van der Waals surface area contributed by atoms with Gasteiger partial charge in [-0.2, -0.15) is 0 Å². The first kappa shape index (κ1) is 31.9. The number of nitrogens with zero attached hydrogens (tertiary/aromatic N) is 2. The molecule has 1 aliphatic heterocycles. The summed E-state index contributed by atoms with van der Waals surface area (Å²) in [7, 11) is -3.65. The van der Waals surface area contributed by atoms with Gasteiger partial charge in [0.2, 0.25) is 21.8 Å². The molecular weight excluding hydrogens is 566 g/mol. The van der Waals surface area contributed by atoms with Crippen LogP contribution in [0.4, 0.5) is 5.69 Å². The average Bonchev–Trinajstić information content (AvgIpc) is 2.97. The Labute approximate surface area is 254 Å². The molecule has 0 bridgehead atoms. The fourth-order valence-electron chi connectivity index (χ4n) is 5.10. The molecule has 2 amide bonds. The van der Waals surface area contributed by atoms with E-state index >= 15 is 0 Å². The second-order valence-corrected chi connectivity index (χ2v) is 13.0. The predicted octanol–water partition coefficient (Wildman–Crippen LogP) is 4.48. The molecule has 0 aliphatic carbocycles. The Bertz CT molecular complexity index is 1510. The lowest BCUT2D eigenvalue weighted by atomic mass is 10.0. The van der Waals surface area contributed by atoms with Gasteiger partial charge in [-0.05, 0) is 56.0 Å². The summed E-state index contributed by atoms with van der Waals surface area (Å²) in [6.07, 6.45) is 1.81. The van der Waals surface area contributed by atoms with E-state index in [0.717, 1.165) is 22.9 Å². The molecule has 3 aromatic carbocycles. The van der Waals surface area contributed by atoms with E-state index in [0.29, 0.717) is 36.8 Å². The molecule has 1 N–H and O–H groups in total. The van der Waals surface area contributed by atoms with Crippen LogP contribution in [0.2, 0.25) is 0 Å². The molecule has 10 heteroatoms. The van der Waals surface area contributed by atoms with Crippen molar-refractivity contribution in [3.8, 4) is 11.5 Å². The maximum Gasteiger partial charge on any atom is 0.243 e. The van der Waals surface area contributed by atoms with E-state index in [4.69, 9.17) is 9.47 Å². The zero-order chi connectivity index (χ0) is 31.0. The third kappa shape index (κ3) is 8.73. The van der Waals surface area contributed by atoms with Crippen molar-refractivity contribution < 1.29 is 27.5 Å². The maximum atomic E-state index is 14.0. The number of rotatable bonds is 13. The summed E-state index contributed by atoms with van der Waals surface area (Å²) in [6.45, 7) is 6.93. The molecule has 230 valence electrons. The number of nitrogens with one attached hydrogen (secondary N) is 1. The van der Waals surface area contributed by atoms with Crippen molar-refractivity contribution in [2.75, 3.05) is 30.3 Å². The molecule has 1 heterocycles. The van der Waals surface area contributed by atoms with Crippen molar-refractivity contribution in [3.05, 3.63) is 89.5 Å². The Balaban J connectivity index is 1.58. The van der Waals surface area contributed by atoms with E-state index in [1.54, 1.807) is 23.1 Å². The molecular formula is C33H41N3O6S. The predicted molar refractivity (Wildman–Crippen MR) is 168 cm³/mol. The fraction of sp³-hybridized carbons (Fsp3) is 0.394. The number of aryl methyl sites for hydroxylation is 1. The lowest BCUT2D eigenvalue weighted by Gasteiger charge is -2.33. The van der Waals surface area contributed by atoms with Crippen molar-refractivity contribution in [2.24, 2.45) is 0 Å². The van der Waals surface area contributed by atoms with Gasteiger partial charge in [-0.25, -0.2) is 8.42 Å². The summed E-state index contributed by atoms with van der Waals surface area (Å²) < 4.78 is 38.1. The van der Waals surface area contributed by atoms with Crippen LogP contribution < -0.4 is 19.1 Å². The van der Waals surface area contributed by atoms with Gasteiger partial charge in [-0.1, -0.05) is 54.6 Å². The van der Waals surface area contributed by atoms with E-state index < -0.39 is 16.1 Å². The first-order valence-electron chi connectivity index (χ1n) is 14.6. The van der Waals surface area contributed by atoms with Gasteiger partial charge >= 0.3 is 0 Å². The second kappa shape index (κ2) is 14.4. The van der Waals surface area contributed by atoms with E-state index in [9.17, 15) is 18.0 Å². The van der Waals surface area contributed by atoms with Crippen LogP contribution in [0, 0.1) is 6.92 Å². The highest BCUT2D eigenvalue weighted by atomic mass is 32.2. The van der Waals surface area contributed by atoms with Crippen LogP contribution in [0.3, 0.4) is 0 Å². The monoisotopic (exact) mass is 607 g/mol. The summed E-state index contributed by atoms with van der Waals surface area (Å²) in [5.74, 6) is 0.598. The van der Waals surface area contributed by atoms with Crippen LogP contribution in [0.15, 0.2) is 72.8 Å². The number of amides is 2. The number of ether oxygens (including phenoxy) is 2. The van der Waals surface area contributed by atoms with Crippen LogP contribution in [0.5, 0.6) is 11.5 Å². The van der Waals surface area contributed by atoms with Crippen LogP contribution >= 0.6 is 0 Å². The smallest absolute Gasteiger partial charge is 0.243 e. The van der Waals surface area contributed by atoms with E-state index in [2.05, 4.69) is 5.32 Å². The summed E-state index contributed by atoms with van der Waals surface area (Å²) in [5.41, 5.74) is 3.34. The number of benzene rings is 3. The van der Waals surface area contributed by atoms with Crippen molar-refractivity contribution >= 4 is 27.5 Å². The van der Waals surface area contributed by atoms with Crippen molar-refractivity contribution in [1.29, 1.82) is 0 Å². The largest absolute Gasteiger partial charge is 0.486 e. The molecule has 0 spiro atoms. The molecule has 4 rings (SSSR count). The number of carbonyl (C=O) groups is 2. The molecule has 9 nitrogen and oxygen atoms in total. The van der Waals surface area contributed by atoms with E-state index in [-0.39, 0.29) is 43.8 Å². The highest BCUT2D eigenvalue weighted by molar-refractivity contribution is 7.92. The molecule has 0 aromatic heterocycles. The number of anilines is 1. The van der Waals surface area contributed by atoms with Gasteiger partial charge in [0.1, 0.15) is 19.3 Å². The van der Waals surface area contributed by atoms with Gasteiger partial charge in [0.05, 0.1) is 11.9 Å². The molecule has 3 aromatic rings. The molecule has 1 aliphatic rings. The average molecular weight is 608 g/mol. The number of hydrogen-bond donors (Lipinski definition) is 1. The minimum atomic E-state index is -3.65. The summed E-state index contributed by atoms with van der Waals surface area (Å²) in [6, 6.07) is 21.6. The minimum Gasteiger partial charge on any atom is -0.486 e. The third-order valence-corrected chi connectivity index (χ3v) is 8.46. The maximum absolute atomic E-state index is 14.0. The number of hydrogen-bond acceptors (Lipinski definition) is 6. The molecule has 0 radical (unpaired) electrons. The van der Waals surface area contributed by atoms with E-state index in [1.165, 1.54) is 4.31 Å². The standard InChI is InChI=1S/C33H41N3O6S/c1-24(2)34-33(38)29(21-26-12-6-5-7-13-26)35(23-27-14-9-8-11-25(27)3)32(37)15-10-18-36(43(4,39)40)28-16-17-30-31(22-28)42-20-19-41-30/h5-9,11-14,16-17,22,24,29H,10,15,18-21,23H2,1-4H3,(H,34,38)/t29-/m0/s1. The second-order valence-electron chi connectivity index (χ2n) is 11.1. The Morgan fingerprint density at radius 2 is 1.60 bits per heavy atom. The fourth-order valence-corrected chi connectivity index (χ4v) is 6.05. The van der Waals surface area contributed by atoms with Gasteiger partial charge < -0.3 is 19.7 Å². The SMILES string of the molecule is Cc1ccccc1CN(C(=O)CCCN(c1ccc2c(c1)OCCO2)S(C)(=O)=O)[C@@H](Cc1ccccc1)C(=O)NC(C)C. The topological polar surface area (TPSA) is 105 Å². The molecule has 1 atom stereocenters. The first-order chi connectivity index (χ1) is 20.5. The van der Waals surface area contributed by atoms with Crippen LogP contribution in [-0.2, 0) is 32.6 Å². The van der Waals surface area contributed by atoms with Gasteiger partial charge in [-0.15, -0.1) is 0 Å². The van der Waals surface area contributed by atoms with Crippen LogP contribution in [0.25, 0.3) is 0 Å². The summed E-state index contributed by atoms with van der Waals surface area (Å²) in [4.78, 5) is 29.2. The Kier molecular flexibility index (Phi) is 10.7. The zero-order valence-electron chi connectivity index (χ0n) is 25.3. The number of fused-ring (bicyclic) bond motifs is 1. The minimum absolute atomic E-state index is 0.0582. The highest BCUT2D eigenvalue weighted by Crippen LogP contribution is 2.35. The number of carbonyl (C=O) groups excluding carboxylic acids is 2. The molecule has 43 heavy (non-hydrogen) atoms. The van der Waals surface area contributed by atoms with E-state index in [1.807, 2.05) is 75.4 Å². The van der Waals surface area contributed by atoms with Gasteiger partial charge in [-0.3, -0.25) is 13.9 Å². The summed E-state index contributed by atoms with van der Waals surface area (Å²) in [5, 5.41) is 3.00. The molecule has 0 fully saturated rings. The first-order valence-corrected chi connectivity index (χ1v) is 16.4. The number of sulfonamides is 1. The molecule has 0 unspecified atom stereocenters. The lowest BCUT2D eigenvalue weighted by molar-refractivity contribution is -0.141. The third-order valence-electron chi connectivity index (χ3n) is 7.27.